The molecule has 0 saturated carbocycles. The van der Waals surface area contributed by atoms with E-state index < -0.39 is 26.9 Å². The Hall–Kier alpha value is -2.86. The number of carbonyl (C=O) groups is 1. The highest BCUT2D eigenvalue weighted by atomic mass is 32.2. The van der Waals surface area contributed by atoms with Crippen molar-refractivity contribution in [3.63, 3.8) is 0 Å². The van der Waals surface area contributed by atoms with E-state index in [0.29, 0.717) is 25.3 Å². The molecule has 2 aliphatic rings. The van der Waals surface area contributed by atoms with Crippen molar-refractivity contribution < 1.29 is 36.2 Å². The van der Waals surface area contributed by atoms with Gasteiger partial charge in [-0.05, 0) is 30.5 Å². The Bertz CT molecular complexity index is 1120. The standard InChI is InChI=1S/C19H23N3O3S.C2HF3O2/c1-21-17-8-4-3-7-16(17)19(26(21,23)24)9-12-22(13-10-19)14-15-6-5-11-20-18(15)25-2;3-2(4,5)1(6)7/h3-8,11H,9-10,12-14H2,1-2H3;(H,6,7). The summed E-state index contributed by atoms with van der Waals surface area (Å²) >= 11 is 0. The molecule has 0 atom stereocenters. The number of para-hydroxylation sites is 1. The van der Waals surface area contributed by atoms with Crippen molar-refractivity contribution in [3.8, 4) is 5.88 Å². The van der Waals surface area contributed by atoms with Crippen LogP contribution in [-0.4, -0.2) is 62.8 Å². The summed E-state index contributed by atoms with van der Waals surface area (Å²) in [5.74, 6) is -2.13. The van der Waals surface area contributed by atoms with Crippen molar-refractivity contribution in [2.75, 3.05) is 31.6 Å². The van der Waals surface area contributed by atoms with E-state index in [2.05, 4.69) is 9.88 Å². The van der Waals surface area contributed by atoms with E-state index >= 15 is 0 Å². The van der Waals surface area contributed by atoms with Gasteiger partial charge in [0.15, 0.2) is 0 Å². The molecular formula is C21H24F3N3O5S. The van der Waals surface area contributed by atoms with E-state index in [-0.39, 0.29) is 0 Å². The molecule has 0 amide bonds. The van der Waals surface area contributed by atoms with Gasteiger partial charge in [-0.3, -0.25) is 9.21 Å². The molecule has 33 heavy (non-hydrogen) atoms. The number of hydrogen-bond donors (Lipinski definition) is 1. The van der Waals surface area contributed by atoms with Gasteiger partial charge in [0.2, 0.25) is 15.9 Å². The smallest absolute Gasteiger partial charge is 0.481 e. The average molecular weight is 488 g/mol. The number of aromatic nitrogens is 1. The first-order valence-electron chi connectivity index (χ1n) is 10.0. The quantitative estimate of drug-likeness (QED) is 0.711. The molecule has 8 nitrogen and oxygen atoms in total. The molecule has 1 fully saturated rings. The molecule has 1 saturated heterocycles. The number of alkyl halides is 3. The highest BCUT2D eigenvalue weighted by molar-refractivity contribution is 7.94. The second-order valence-electron chi connectivity index (χ2n) is 7.73. The first kappa shape index (κ1) is 24.8. The zero-order valence-electron chi connectivity index (χ0n) is 18.0. The van der Waals surface area contributed by atoms with E-state index in [4.69, 9.17) is 14.6 Å². The van der Waals surface area contributed by atoms with Gasteiger partial charge >= 0.3 is 12.1 Å². The van der Waals surface area contributed by atoms with Crippen LogP contribution in [-0.2, 0) is 26.1 Å². The van der Waals surface area contributed by atoms with Gasteiger partial charge in [0, 0.05) is 38.4 Å². The number of sulfonamides is 1. The molecule has 12 heteroatoms. The van der Waals surface area contributed by atoms with Crippen LogP contribution in [0.1, 0.15) is 24.0 Å². The Morgan fingerprint density at radius 2 is 1.79 bits per heavy atom. The number of fused-ring (bicyclic) bond motifs is 2. The first-order chi connectivity index (χ1) is 15.4. The van der Waals surface area contributed by atoms with Gasteiger partial charge < -0.3 is 9.84 Å². The number of hydrogen-bond acceptors (Lipinski definition) is 6. The molecule has 0 aliphatic carbocycles. The van der Waals surface area contributed by atoms with E-state index in [1.165, 1.54) is 4.31 Å². The van der Waals surface area contributed by atoms with Gasteiger partial charge in [0.1, 0.15) is 4.75 Å². The summed E-state index contributed by atoms with van der Waals surface area (Å²) in [6.45, 7) is 2.16. The third-order valence-electron chi connectivity index (χ3n) is 5.93. The lowest BCUT2D eigenvalue weighted by Gasteiger charge is -2.38. The normalized spacial score (nSPS) is 18.9. The molecule has 4 rings (SSSR count). The van der Waals surface area contributed by atoms with E-state index in [9.17, 15) is 21.6 Å². The maximum atomic E-state index is 13.2. The van der Waals surface area contributed by atoms with Crippen LogP contribution >= 0.6 is 0 Å². The molecule has 1 spiro atoms. The summed E-state index contributed by atoms with van der Waals surface area (Å²) in [6, 6.07) is 11.6. The molecular weight excluding hydrogens is 463 g/mol. The Morgan fingerprint density at radius 3 is 2.36 bits per heavy atom. The molecule has 1 aromatic heterocycles. The lowest BCUT2D eigenvalue weighted by Crippen LogP contribution is -2.47. The minimum atomic E-state index is -5.08. The summed E-state index contributed by atoms with van der Waals surface area (Å²) in [6.07, 6.45) is -2.18. The summed E-state index contributed by atoms with van der Waals surface area (Å²) in [5.41, 5.74) is 2.79. The number of halogens is 3. The fourth-order valence-electron chi connectivity index (χ4n) is 4.23. The number of carboxylic acids is 1. The number of likely N-dealkylation sites (tertiary alicyclic amines) is 1. The number of nitrogens with zero attached hydrogens (tertiary/aromatic N) is 3. The highest BCUT2D eigenvalue weighted by Gasteiger charge is 2.55. The maximum Gasteiger partial charge on any atom is 0.490 e. The number of methoxy groups -OCH3 is 1. The predicted octanol–water partition coefficient (Wildman–Crippen LogP) is 2.99. The molecule has 1 aromatic carbocycles. The summed E-state index contributed by atoms with van der Waals surface area (Å²) in [5, 5.41) is 7.12. The van der Waals surface area contributed by atoms with Crippen molar-refractivity contribution in [1.82, 2.24) is 9.88 Å². The van der Waals surface area contributed by atoms with Crippen LogP contribution in [0.2, 0.25) is 0 Å². The van der Waals surface area contributed by atoms with Crippen LogP contribution in [0.5, 0.6) is 5.88 Å². The monoisotopic (exact) mass is 487 g/mol. The minimum Gasteiger partial charge on any atom is -0.481 e. The van der Waals surface area contributed by atoms with Crippen LogP contribution in [0.15, 0.2) is 42.6 Å². The number of rotatable bonds is 3. The molecule has 2 aromatic rings. The van der Waals surface area contributed by atoms with Crippen LogP contribution < -0.4 is 9.04 Å². The maximum absolute atomic E-state index is 13.2. The van der Waals surface area contributed by atoms with Crippen LogP contribution in [0.4, 0.5) is 18.9 Å². The Balaban J connectivity index is 0.000000383. The molecule has 0 bridgehead atoms. The number of ether oxygens (including phenoxy) is 1. The van der Waals surface area contributed by atoms with Gasteiger partial charge in [-0.15, -0.1) is 0 Å². The van der Waals surface area contributed by atoms with Crippen LogP contribution in [0.25, 0.3) is 0 Å². The molecule has 2 aliphatic heterocycles. The molecule has 0 radical (unpaired) electrons. The third-order valence-corrected chi connectivity index (χ3v) is 8.47. The summed E-state index contributed by atoms with van der Waals surface area (Å²) in [4.78, 5) is 15.4. The van der Waals surface area contributed by atoms with Gasteiger partial charge in [0.25, 0.3) is 0 Å². The molecule has 1 N–H and O–H groups in total. The zero-order valence-corrected chi connectivity index (χ0v) is 18.9. The summed E-state index contributed by atoms with van der Waals surface area (Å²) < 4.78 is 64.1. The number of aliphatic carboxylic acids is 1. The predicted molar refractivity (Wildman–Crippen MR) is 114 cm³/mol. The average Bonchev–Trinajstić information content (AvgIpc) is 2.94. The number of carboxylic acid groups (broad SMARTS) is 1. The van der Waals surface area contributed by atoms with E-state index in [0.717, 1.165) is 29.9 Å². The number of anilines is 1. The zero-order chi connectivity index (χ0) is 24.4. The van der Waals surface area contributed by atoms with Crippen LogP contribution in [0.3, 0.4) is 0 Å². The fraction of sp³-hybridized carbons (Fsp3) is 0.429. The van der Waals surface area contributed by atoms with Crippen molar-refractivity contribution in [2.24, 2.45) is 0 Å². The second-order valence-corrected chi connectivity index (χ2v) is 10.0. The van der Waals surface area contributed by atoms with E-state index in [1.807, 2.05) is 36.4 Å². The van der Waals surface area contributed by atoms with Crippen molar-refractivity contribution in [3.05, 3.63) is 53.7 Å². The van der Waals surface area contributed by atoms with Crippen molar-refractivity contribution >= 4 is 21.7 Å². The van der Waals surface area contributed by atoms with Crippen molar-refractivity contribution in [1.29, 1.82) is 0 Å². The lowest BCUT2D eigenvalue weighted by atomic mass is 9.87. The largest absolute Gasteiger partial charge is 0.490 e. The number of pyridine rings is 1. The van der Waals surface area contributed by atoms with Gasteiger partial charge in [-0.1, -0.05) is 24.3 Å². The first-order valence-corrected chi connectivity index (χ1v) is 11.5. The second kappa shape index (κ2) is 9.18. The highest BCUT2D eigenvalue weighted by Crippen LogP contribution is 2.51. The minimum absolute atomic E-state index is 0.596. The number of piperidine rings is 1. The molecule has 180 valence electrons. The Labute approximate surface area is 189 Å². The topological polar surface area (TPSA) is 100 Å². The Kier molecular flexibility index (Phi) is 6.89. The Morgan fingerprint density at radius 1 is 1.18 bits per heavy atom. The van der Waals surface area contributed by atoms with E-state index in [1.54, 1.807) is 20.4 Å². The fourth-order valence-corrected chi connectivity index (χ4v) is 6.32. The summed E-state index contributed by atoms with van der Waals surface area (Å²) in [7, 11) is -0.105. The van der Waals surface area contributed by atoms with Gasteiger partial charge in [-0.25, -0.2) is 18.2 Å². The lowest BCUT2D eigenvalue weighted by molar-refractivity contribution is -0.192. The molecule has 0 unspecified atom stereocenters. The van der Waals surface area contributed by atoms with Crippen molar-refractivity contribution in [2.45, 2.75) is 30.3 Å². The number of benzene rings is 1. The van der Waals surface area contributed by atoms with Gasteiger partial charge in [-0.2, -0.15) is 13.2 Å². The third kappa shape index (κ3) is 4.62. The molecule has 3 heterocycles. The van der Waals surface area contributed by atoms with Crippen LogP contribution in [0, 0.1) is 0 Å². The van der Waals surface area contributed by atoms with Gasteiger partial charge in [0.05, 0.1) is 12.8 Å². The SMILES string of the molecule is COc1ncccc1CN1CCC2(CC1)c1ccccc1N(C)S2(=O)=O.O=C(O)C(F)(F)F.